The molecule has 0 spiro atoms. The van der Waals surface area contributed by atoms with E-state index in [1.165, 1.54) is 61.1 Å². The number of aromatic nitrogens is 2. The molecule has 3 rings (SSSR count). The number of nitrogens with zero attached hydrogens (tertiary/aromatic N) is 2. The Kier molecular flexibility index (Phi) is 3.79. The van der Waals surface area contributed by atoms with E-state index in [2.05, 4.69) is 41.7 Å². The van der Waals surface area contributed by atoms with Crippen LogP contribution in [0.15, 0.2) is 6.07 Å². The van der Waals surface area contributed by atoms with Crippen molar-refractivity contribution in [3.63, 3.8) is 0 Å². The average Bonchev–Trinajstić information content (AvgIpc) is 2.89. The Labute approximate surface area is 121 Å². The van der Waals surface area contributed by atoms with Crippen molar-refractivity contribution < 1.29 is 0 Å². The maximum absolute atomic E-state index is 4.63. The van der Waals surface area contributed by atoms with Crippen molar-refractivity contribution in [2.24, 2.45) is 0 Å². The predicted octanol–water partition coefficient (Wildman–Crippen LogP) is 3.52. The number of hydrogen-bond acceptors (Lipinski definition) is 2. The third-order valence-corrected chi connectivity index (χ3v) is 4.66. The Balaban J connectivity index is 1.78. The molecule has 0 saturated carbocycles. The summed E-state index contributed by atoms with van der Waals surface area (Å²) in [6, 6.07) is 2.30. The minimum Gasteiger partial charge on any atom is -0.358 e. The van der Waals surface area contributed by atoms with E-state index in [1.807, 2.05) is 0 Å². The van der Waals surface area contributed by atoms with Gasteiger partial charge in [-0.2, -0.15) is 0 Å². The van der Waals surface area contributed by atoms with Gasteiger partial charge in [0.25, 0.3) is 0 Å². The molecule has 1 N–H and O–H groups in total. The summed E-state index contributed by atoms with van der Waals surface area (Å²) in [7, 11) is 0. The lowest BCUT2D eigenvalue weighted by Crippen LogP contribution is -2.31. The summed E-state index contributed by atoms with van der Waals surface area (Å²) in [6.45, 7) is 10.1. The van der Waals surface area contributed by atoms with Crippen LogP contribution in [0.1, 0.15) is 41.9 Å². The molecule has 108 valence electrons. The average molecular weight is 271 g/mol. The van der Waals surface area contributed by atoms with E-state index in [9.17, 15) is 0 Å². The van der Waals surface area contributed by atoms with Gasteiger partial charge in [0.15, 0.2) is 0 Å². The van der Waals surface area contributed by atoms with Crippen LogP contribution in [0.2, 0.25) is 0 Å². The van der Waals surface area contributed by atoms with E-state index < -0.39 is 0 Å². The first-order valence-electron chi connectivity index (χ1n) is 7.83. The second kappa shape index (κ2) is 5.57. The number of piperidine rings is 1. The van der Waals surface area contributed by atoms with Crippen LogP contribution >= 0.6 is 0 Å². The largest absolute Gasteiger partial charge is 0.358 e. The first-order valence-corrected chi connectivity index (χ1v) is 7.83. The highest BCUT2D eigenvalue weighted by molar-refractivity contribution is 5.85. The monoisotopic (exact) mass is 271 g/mol. The van der Waals surface area contributed by atoms with Crippen LogP contribution in [0, 0.1) is 20.8 Å². The lowest BCUT2D eigenvalue weighted by molar-refractivity contribution is 0.231. The molecule has 0 radical (unpaired) electrons. The van der Waals surface area contributed by atoms with Crippen LogP contribution in [0.5, 0.6) is 0 Å². The second-order valence-electron chi connectivity index (χ2n) is 6.14. The number of nitrogens with one attached hydrogen (secondary N) is 1. The first kappa shape index (κ1) is 13.6. The third-order valence-electron chi connectivity index (χ3n) is 4.66. The molecule has 2 aromatic rings. The predicted molar refractivity (Wildman–Crippen MR) is 84.3 cm³/mol. The number of hydrogen-bond donors (Lipinski definition) is 1. The minimum absolute atomic E-state index is 1.12. The van der Waals surface area contributed by atoms with Gasteiger partial charge >= 0.3 is 0 Å². The molecule has 0 aliphatic carbocycles. The van der Waals surface area contributed by atoms with E-state index >= 15 is 0 Å². The first-order chi connectivity index (χ1) is 9.65. The molecule has 3 heterocycles. The summed E-state index contributed by atoms with van der Waals surface area (Å²) >= 11 is 0. The van der Waals surface area contributed by atoms with Gasteiger partial charge in [0.1, 0.15) is 0 Å². The molecule has 1 aliphatic rings. The number of rotatable bonds is 3. The van der Waals surface area contributed by atoms with Crippen LogP contribution in [0.3, 0.4) is 0 Å². The van der Waals surface area contributed by atoms with Crippen LogP contribution < -0.4 is 0 Å². The van der Waals surface area contributed by atoms with Crippen molar-refractivity contribution in [3.8, 4) is 0 Å². The van der Waals surface area contributed by atoms with Gasteiger partial charge in [-0.1, -0.05) is 6.42 Å². The van der Waals surface area contributed by atoms with Gasteiger partial charge in [0.05, 0.1) is 5.52 Å². The maximum Gasteiger partial charge on any atom is 0.0522 e. The zero-order chi connectivity index (χ0) is 14.1. The van der Waals surface area contributed by atoms with Gasteiger partial charge in [-0.05, 0) is 58.3 Å². The number of aromatic amines is 1. The standard InChI is InChI=1S/C17H25N3/c1-12-13(2)18-14(3)16-11-15(19-17(12)16)7-10-20-8-5-4-6-9-20/h11,19H,4-10H2,1-3H3. The molecule has 0 unspecified atom stereocenters. The molecular weight excluding hydrogens is 246 g/mol. The molecular formula is C17H25N3. The van der Waals surface area contributed by atoms with Gasteiger partial charge in [-0.25, -0.2) is 0 Å². The topological polar surface area (TPSA) is 31.9 Å². The van der Waals surface area contributed by atoms with Crippen molar-refractivity contribution >= 4 is 10.9 Å². The van der Waals surface area contributed by atoms with Crippen LogP contribution in [0.25, 0.3) is 10.9 Å². The molecule has 20 heavy (non-hydrogen) atoms. The third kappa shape index (κ3) is 2.59. The Bertz CT molecular complexity index is 606. The molecule has 3 nitrogen and oxygen atoms in total. The highest BCUT2D eigenvalue weighted by Gasteiger charge is 2.12. The van der Waals surface area contributed by atoms with Crippen molar-refractivity contribution in [3.05, 3.63) is 28.7 Å². The number of pyridine rings is 1. The zero-order valence-electron chi connectivity index (χ0n) is 12.9. The molecule has 0 atom stereocenters. The van der Waals surface area contributed by atoms with Gasteiger partial charge in [0.2, 0.25) is 0 Å². The van der Waals surface area contributed by atoms with Gasteiger partial charge in [-0.15, -0.1) is 0 Å². The van der Waals surface area contributed by atoms with Crippen LogP contribution in [0.4, 0.5) is 0 Å². The summed E-state index contributed by atoms with van der Waals surface area (Å²) in [5.41, 5.74) is 6.20. The number of H-pyrrole nitrogens is 1. The van der Waals surface area contributed by atoms with E-state index in [0.29, 0.717) is 0 Å². The van der Waals surface area contributed by atoms with Gasteiger partial charge in [0, 0.05) is 35.4 Å². The van der Waals surface area contributed by atoms with Gasteiger partial charge < -0.3 is 9.88 Å². The van der Waals surface area contributed by atoms with Crippen molar-refractivity contribution in [1.82, 2.24) is 14.9 Å². The molecule has 3 heteroatoms. The smallest absolute Gasteiger partial charge is 0.0522 e. The van der Waals surface area contributed by atoms with Crippen LogP contribution in [-0.2, 0) is 6.42 Å². The van der Waals surface area contributed by atoms with E-state index in [1.54, 1.807) is 0 Å². The van der Waals surface area contributed by atoms with E-state index in [4.69, 9.17) is 0 Å². The summed E-state index contributed by atoms with van der Waals surface area (Å²) < 4.78 is 0. The highest BCUT2D eigenvalue weighted by Crippen LogP contribution is 2.24. The lowest BCUT2D eigenvalue weighted by Gasteiger charge is -2.26. The Morgan fingerprint density at radius 1 is 1.10 bits per heavy atom. The van der Waals surface area contributed by atoms with Crippen molar-refractivity contribution in [2.45, 2.75) is 46.5 Å². The van der Waals surface area contributed by atoms with E-state index in [-0.39, 0.29) is 0 Å². The fourth-order valence-electron chi connectivity index (χ4n) is 3.26. The second-order valence-corrected chi connectivity index (χ2v) is 6.14. The molecule has 2 aromatic heterocycles. The number of likely N-dealkylation sites (tertiary alicyclic amines) is 1. The van der Waals surface area contributed by atoms with Gasteiger partial charge in [-0.3, -0.25) is 4.98 Å². The lowest BCUT2D eigenvalue weighted by atomic mass is 10.1. The Morgan fingerprint density at radius 3 is 2.60 bits per heavy atom. The summed E-state index contributed by atoms with van der Waals surface area (Å²) in [4.78, 5) is 10.8. The Morgan fingerprint density at radius 2 is 1.85 bits per heavy atom. The Hall–Kier alpha value is -1.35. The zero-order valence-corrected chi connectivity index (χ0v) is 12.9. The van der Waals surface area contributed by atoms with Crippen molar-refractivity contribution in [2.75, 3.05) is 19.6 Å². The fraction of sp³-hybridized carbons (Fsp3) is 0.588. The molecule has 1 aliphatic heterocycles. The van der Waals surface area contributed by atoms with Crippen LogP contribution in [-0.4, -0.2) is 34.5 Å². The molecule has 0 bridgehead atoms. The van der Waals surface area contributed by atoms with Crippen molar-refractivity contribution in [1.29, 1.82) is 0 Å². The minimum atomic E-state index is 1.12. The summed E-state index contributed by atoms with van der Waals surface area (Å²) in [5.74, 6) is 0. The molecule has 0 amide bonds. The molecule has 1 fully saturated rings. The molecule has 0 aromatic carbocycles. The summed E-state index contributed by atoms with van der Waals surface area (Å²) in [5, 5.41) is 1.29. The summed E-state index contributed by atoms with van der Waals surface area (Å²) in [6.07, 6.45) is 5.26. The number of fused-ring (bicyclic) bond motifs is 1. The fourth-order valence-corrected chi connectivity index (χ4v) is 3.26. The SMILES string of the molecule is Cc1nc(C)c2cc(CCN3CCCCC3)[nH]c2c1C. The number of aryl methyl sites for hydroxylation is 3. The molecule has 1 saturated heterocycles. The highest BCUT2D eigenvalue weighted by atomic mass is 15.1. The quantitative estimate of drug-likeness (QED) is 0.926. The van der Waals surface area contributed by atoms with E-state index in [0.717, 1.165) is 17.8 Å². The maximum atomic E-state index is 4.63. The normalized spacial score (nSPS) is 16.9.